The predicted octanol–water partition coefficient (Wildman–Crippen LogP) is 3.67. The molecule has 0 saturated heterocycles. The average molecular weight is 499 g/mol. The number of carbonyl (C=O) groups is 2. The topological polar surface area (TPSA) is 157 Å². The highest BCUT2D eigenvalue weighted by Gasteiger charge is 2.21. The number of nitro benzene ring substituents is 1. The summed E-state index contributed by atoms with van der Waals surface area (Å²) in [6.45, 7) is -0.345. The van der Waals surface area contributed by atoms with Crippen molar-refractivity contribution < 1.29 is 23.7 Å². The first-order chi connectivity index (χ1) is 16.9. The number of thiophene rings is 1. The fourth-order valence-electron chi connectivity index (χ4n) is 4.09. The number of benzene rings is 1. The standard InChI is InChI=1S/C23H22N4O7S/c24-12-16-15-5-2-1-3-6-19(15)35-22(16)25-20(28)13-33-21(29)7-4-10-26-17-9-8-14(27(31)32)11-18(17)34-23(26)30/h8-9,11H,1-7,10,13H2,(H,25,28). The second-order valence-corrected chi connectivity index (χ2v) is 9.23. The number of esters is 1. The van der Waals surface area contributed by atoms with E-state index in [0.29, 0.717) is 16.1 Å². The van der Waals surface area contributed by atoms with E-state index in [2.05, 4.69) is 11.4 Å². The van der Waals surface area contributed by atoms with Crippen molar-refractivity contribution in [1.29, 1.82) is 5.26 Å². The van der Waals surface area contributed by atoms with Crippen molar-refractivity contribution in [2.24, 2.45) is 0 Å². The predicted molar refractivity (Wildman–Crippen MR) is 126 cm³/mol. The first-order valence-electron chi connectivity index (χ1n) is 11.1. The molecule has 0 fully saturated rings. The molecular formula is C23H22N4O7S. The van der Waals surface area contributed by atoms with Crippen molar-refractivity contribution in [1.82, 2.24) is 4.57 Å². The first kappa shape index (κ1) is 24.2. The van der Waals surface area contributed by atoms with Gasteiger partial charge in [0.2, 0.25) is 0 Å². The molecule has 1 aliphatic carbocycles. The molecular weight excluding hydrogens is 476 g/mol. The summed E-state index contributed by atoms with van der Waals surface area (Å²) >= 11 is 1.41. The van der Waals surface area contributed by atoms with E-state index in [4.69, 9.17) is 9.15 Å². The number of nitrogens with zero attached hydrogens (tertiary/aromatic N) is 3. The highest BCUT2D eigenvalue weighted by atomic mass is 32.1. The molecule has 0 saturated carbocycles. The summed E-state index contributed by atoms with van der Waals surface area (Å²) in [5, 5.41) is 23.6. The number of fused-ring (bicyclic) bond motifs is 2. The van der Waals surface area contributed by atoms with Gasteiger partial charge in [-0.3, -0.25) is 24.3 Å². The number of oxazole rings is 1. The lowest BCUT2D eigenvalue weighted by atomic mass is 10.1. The lowest BCUT2D eigenvalue weighted by molar-refractivity contribution is -0.384. The van der Waals surface area contributed by atoms with Gasteiger partial charge in [-0.1, -0.05) is 6.42 Å². The molecule has 1 aromatic carbocycles. The fourth-order valence-corrected chi connectivity index (χ4v) is 5.35. The van der Waals surface area contributed by atoms with Crippen LogP contribution in [0.5, 0.6) is 0 Å². The molecule has 3 aromatic rings. The number of aromatic nitrogens is 1. The molecule has 0 spiro atoms. The molecule has 1 amide bonds. The van der Waals surface area contributed by atoms with E-state index >= 15 is 0 Å². The minimum atomic E-state index is -0.684. The van der Waals surface area contributed by atoms with Crippen molar-refractivity contribution in [2.45, 2.75) is 51.5 Å². The van der Waals surface area contributed by atoms with Crippen LogP contribution in [0.2, 0.25) is 0 Å². The summed E-state index contributed by atoms with van der Waals surface area (Å²) < 4.78 is 11.4. The molecule has 182 valence electrons. The number of amides is 1. The van der Waals surface area contributed by atoms with Gasteiger partial charge in [0, 0.05) is 23.9 Å². The second-order valence-electron chi connectivity index (χ2n) is 8.12. The maximum Gasteiger partial charge on any atom is 0.419 e. The Bertz CT molecular complexity index is 1400. The Morgan fingerprint density at radius 2 is 2.09 bits per heavy atom. The highest BCUT2D eigenvalue weighted by molar-refractivity contribution is 7.16. The molecule has 35 heavy (non-hydrogen) atoms. The highest BCUT2D eigenvalue weighted by Crippen LogP contribution is 2.36. The van der Waals surface area contributed by atoms with Crippen LogP contribution in [-0.2, 0) is 33.7 Å². The molecule has 0 atom stereocenters. The van der Waals surface area contributed by atoms with Crippen LogP contribution in [-0.4, -0.2) is 28.0 Å². The lowest BCUT2D eigenvalue weighted by Crippen LogP contribution is -2.21. The van der Waals surface area contributed by atoms with Crippen LogP contribution >= 0.6 is 11.3 Å². The van der Waals surface area contributed by atoms with Crippen LogP contribution < -0.4 is 11.1 Å². The summed E-state index contributed by atoms with van der Waals surface area (Å²) in [6, 6.07) is 6.04. The van der Waals surface area contributed by atoms with E-state index in [1.807, 2.05) is 0 Å². The number of non-ortho nitro benzene ring substituents is 1. The number of nitro groups is 1. The van der Waals surface area contributed by atoms with Gasteiger partial charge in [0.1, 0.15) is 11.1 Å². The third-order valence-electron chi connectivity index (χ3n) is 5.78. The summed E-state index contributed by atoms with van der Waals surface area (Å²) in [4.78, 5) is 47.9. The first-order valence-corrected chi connectivity index (χ1v) is 12.0. The van der Waals surface area contributed by atoms with E-state index in [1.165, 1.54) is 34.1 Å². The Morgan fingerprint density at radius 3 is 2.86 bits per heavy atom. The molecule has 1 aliphatic rings. The van der Waals surface area contributed by atoms with Crippen LogP contribution in [0.25, 0.3) is 11.1 Å². The number of nitriles is 1. The fraction of sp³-hybridized carbons (Fsp3) is 0.391. The van der Waals surface area contributed by atoms with E-state index < -0.39 is 29.2 Å². The number of rotatable bonds is 8. The van der Waals surface area contributed by atoms with Gasteiger partial charge in [-0.05, 0) is 43.7 Å². The van der Waals surface area contributed by atoms with Crippen molar-refractivity contribution in [3.63, 3.8) is 0 Å². The van der Waals surface area contributed by atoms with Crippen molar-refractivity contribution in [3.05, 3.63) is 54.9 Å². The van der Waals surface area contributed by atoms with E-state index in [-0.39, 0.29) is 30.7 Å². The molecule has 0 bridgehead atoms. The van der Waals surface area contributed by atoms with Gasteiger partial charge in [0.25, 0.3) is 11.6 Å². The van der Waals surface area contributed by atoms with Gasteiger partial charge in [-0.2, -0.15) is 5.26 Å². The number of ether oxygens (including phenoxy) is 1. The van der Waals surface area contributed by atoms with Crippen LogP contribution in [0.3, 0.4) is 0 Å². The van der Waals surface area contributed by atoms with Gasteiger partial charge in [-0.25, -0.2) is 4.79 Å². The molecule has 1 N–H and O–H groups in total. The van der Waals surface area contributed by atoms with Crippen molar-refractivity contribution >= 4 is 45.0 Å². The Morgan fingerprint density at radius 1 is 1.29 bits per heavy atom. The monoisotopic (exact) mass is 498 g/mol. The molecule has 4 rings (SSSR count). The number of hydrogen-bond donors (Lipinski definition) is 1. The summed E-state index contributed by atoms with van der Waals surface area (Å²) in [5.74, 6) is -1.82. The van der Waals surface area contributed by atoms with Gasteiger partial charge < -0.3 is 14.5 Å². The lowest BCUT2D eigenvalue weighted by Gasteiger charge is -2.06. The van der Waals surface area contributed by atoms with Crippen molar-refractivity contribution in [2.75, 3.05) is 11.9 Å². The minimum Gasteiger partial charge on any atom is -0.456 e. The molecule has 12 heteroatoms. The number of nitrogens with one attached hydrogen (secondary N) is 1. The summed E-state index contributed by atoms with van der Waals surface area (Å²) in [5.41, 5.74) is 1.79. The van der Waals surface area contributed by atoms with E-state index in [9.17, 15) is 29.8 Å². The zero-order valence-corrected chi connectivity index (χ0v) is 19.5. The van der Waals surface area contributed by atoms with E-state index in [1.54, 1.807) is 0 Å². The maximum absolute atomic E-state index is 12.3. The maximum atomic E-state index is 12.3. The van der Waals surface area contributed by atoms with Crippen LogP contribution in [0.4, 0.5) is 10.7 Å². The zero-order valence-electron chi connectivity index (χ0n) is 18.7. The van der Waals surface area contributed by atoms with Crippen LogP contribution in [0, 0.1) is 21.4 Å². The minimum absolute atomic E-state index is 0.0455. The summed E-state index contributed by atoms with van der Waals surface area (Å²) in [6.07, 6.45) is 5.11. The van der Waals surface area contributed by atoms with Crippen molar-refractivity contribution in [3.8, 4) is 6.07 Å². The molecule has 0 radical (unpaired) electrons. The van der Waals surface area contributed by atoms with Gasteiger partial charge in [0.05, 0.1) is 22.1 Å². The quantitative estimate of drug-likeness (QED) is 0.213. The Balaban J connectivity index is 1.28. The largest absolute Gasteiger partial charge is 0.456 e. The molecule has 0 unspecified atom stereocenters. The number of anilines is 1. The number of hydrogen-bond acceptors (Lipinski definition) is 9. The third-order valence-corrected chi connectivity index (χ3v) is 6.98. The Hall–Kier alpha value is -3.98. The second kappa shape index (κ2) is 10.5. The van der Waals surface area contributed by atoms with Gasteiger partial charge >= 0.3 is 11.7 Å². The normalized spacial score (nSPS) is 13.0. The van der Waals surface area contributed by atoms with Crippen LogP contribution in [0.1, 0.15) is 48.1 Å². The van der Waals surface area contributed by atoms with E-state index in [0.717, 1.165) is 42.5 Å². The van der Waals surface area contributed by atoms with Crippen LogP contribution in [0.15, 0.2) is 27.4 Å². The molecule has 2 aromatic heterocycles. The molecule has 0 aliphatic heterocycles. The molecule has 11 nitrogen and oxygen atoms in total. The zero-order chi connectivity index (χ0) is 24.9. The summed E-state index contributed by atoms with van der Waals surface area (Å²) in [7, 11) is 0. The average Bonchev–Trinajstić information content (AvgIpc) is 3.22. The molecule has 2 heterocycles. The van der Waals surface area contributed by atoms with Gasteiger partial charge in [0.15, 0.2) is 12.2 Å². The Kier molecular flexibility index (Phi) is 7.26. The number of aryl methyl sites for hydroxylation is 2. The number of carbonyl (C=O) groups excluding carboxylic acids is 2. The third kappa shape index (κ3) is 5.41. The smallest absolute Gasteiger partial charge is 0.419 e. The Labute approximate surface area is 203 Å². The van der Waals surface area contributed by atoms with Gasteiger partial charge in [-0.15, -0.1) is 11.3 Å². The SMILES string of the molecule is N#Cc1c(NC(=O)COC(=O)CCCn2c(=O)oc3cc([N+](=O)[O-])ccc32)sc2c1CCCCC2.